The van der Waals surface area contributed by atoms with E-state index in [0.29, 0.717) is 11.7 Å². The summed E-state index contributed by atoms with van der Waals surface area (Å²) in [5.41, 5.74) is 8.66. The fraction of sp³-hybridized carbons (Fsp3) is 0.318. The Kier molecular flexibility index (Phi) is 6.10. The third-order valence-electron chi connectivity index (χ3n) is 5.22. The van der Waals surface area contributed by atoms with E-state index in [1.807, 2.05) is 12.1 Å². The summed E-state index contributed by atoms with van der Waals surface area (Å²) in [4.78, 5) is 16.7. The first-order chi connectivity index (χ1) is 14.6. The molecule has 1 aromatic carbocycles. The molecule has 0 atom stereocenters. The van der Waals surface area contributed by atoms with Gasteiger partial charge in [-0.1, -0.05) is 12.1 Å². The van der Waals surface area contributed by atoms with Crippen LogP contribution in [0.2, 0.25) is 0 Å². The number of nitriles is 1. The molecule has 2 aromatic rings. The number of benzene rings is 1. The van der Waals surface area contributed by atoms with Crippen molar-refractivity contribution in [1.82, 2.24) is 15.1 Å². The first-order valence-electron chi connectivity index (χ1n) is 9.97. The number of hydrazone groups is 1. The van der Waals surface area contributed by atoms with Gasteiger partial charge in [0.15, 0.2) is 0 Å². The van der Waals surface area contributed by atoms with Crippen molar-refractivity contribution >= 4 is 29.1 Å². The summed E-state index contributed by atoms with van der Waals surface area (Å²) < 4.78 is 2.75. The second-order valence-electron chi connectivity index (χ2n) is 7.45. The topological polar surface area (TPSA) is 114 Å². The number of aromatic nitrogens is 1. The molecule has 0 spiro atoms. The zero-order chi connectivity index (χ0) is 20.9. The van der Waals surface area contributed by atoms with Crippen LogP contribution < -0.4 is 10.1 Å². The standard InChI is InChI=1S/C22H22N6OS/c23-12-17-10-15(8-9-25-17)19-7-4-14-2-1-3-18(14)20(19)11-22(29)28-30-21(24)13-26-27-16-5-6-16/h4,7-10,13,16,24,27H,1-3,5-6,11H2,(H,28,29)/b24-21?,26-13-. The third-order valence-corrected chi connectivity index (χ3v) is 5.87. The van der Waals surface area contributed by atoms with Crippen LogP contribution in [0, 0.1) is 16.7 Å². The maximum Gasteiger partial charge on any atom is 0.234 e. The lowest BCUT2D eigenvalue weighted by molar-refractivity contribution is -0.118. The molecule has 7 nitrogen and oxygen atoms in total. The molecule has 0 radical (unpaired) electrons. The van der Waals surface area contributed by atoms with Crippen LogP contribution in [0.25, 0.3) is 11.1 Å². The minimum Gasteiger partial charge on any atom is -0.307 e. The van der Waals surface area contributed by atoms with Crippen molar-refractivity contribution < 1.29 is 4.79 Å². The van der Waals surface area contributed by atoms with Gasteiger partial charge in [-0.2, -0.15) is 10.4 Å². The predicted octanol–water partition coefficient (Wildman–Crippen LogP) is 3.13. The van der Waals surface area contributed by atoms with Gasteiger partial charge in [-0.05, 0) is 72.1 Å². The minimum atomic E-state index is -0.163. The van der Waals surface area contributed by atoms with E-state index in [0.717, 1.165) is 60.7 Å². The molecule has 2 aliphatic carbocycles. The molecule has 4 rings (SSSR count). The maximum absolute atomic E-state index is 12.7. The van der Waals surface area contributed by atoms with Gasteiger partial charge in [0.2, 0.25) is 5.91 Å². The van der Waals surface area contributed by atoms with Crippen molar-refractivity contribution in [3.8, 4) is 17.2 Å². The van der Waals surface area contributed by atoms with Crippen LogP contribution in [0.15, 0.2) is 35.6 Å². The number of carbonyl (C=O) groups excluding carboxylic acids is 1. The molecule has 1 amide bonds. The molecular formula is C22H22N6OS. The van der Waals surface area contributed by atoms with Gasteiger partial charge in [0.05, 0.1) is 12.6 Å². The Morgan fingerprint density at radius 1 is 1.37 bits per heavy atom. The van der Waals surface area contributed by atoms with E-state index in [4.69, 9.17) is 5.41 Å². The molecule has 30 heavy (non-hydrogen) atoms. The van der Waals surface area contributed by atoms with E-state index in [1.54, 1.807) is 12.3 Å². The molecule has 0 aliphatic heterocycles. The lowest BCUT2D eigenvalue weighted by atomic mass is 9.91. The summed E-state index contributed by atoms with van der Waals surface area (Å²) in [7, 11) is 0. The van der Waals surface area contributed by atoms with Crippen LogP contribution in [-0.2, 0) is 24.1 Å². The zero-order valence-electron chi connectivity index (χ0n) is 16.4. The Morgan fingerprint density at radius 3 is 3.03 bits per heavy atom. The molecule has 3 N–H and O–H groups in total. The van der Waals surface area contributed by atoms with Crippen LogP contribution in [0.4, 0.5) is 0 Å². The molecule has 152 valence electrons. The quantitative estimate of drug-likeness (QED) is 0.289. The molecule has 0 unspecified atom stereocenters. The smallest absolute Gasteiger partial charge is 0.234 e. The number of aryl methyl sites for hydroxylation is 1. The maximum atomic E-state index is 12.7. The number of carbonyl (C=O) groups is 1. The summed E-state index contributed by atoms with van der Waals surface area (Å²) >= 11 is 0.958. The molecule has 1 heterocycles. The first-order valence-corrected chi connectivity index (χ1v) is 10.8. The Bertz CT molecular complexity index is 1050. The van der Waals surface area contributed by atoms with E-state index < -0.39 is 0 Å². The van der Waals surface area contributed by atoms with Crippen molar-refractivity contribution in [2.45, 2.75) is 44.6 Å². The summed E-state index contributed by atoms with van der Waals surface area (Å²) in [5.74, 6) is -0.163. The fourth-order valence-electron chi connectivity index (χ4n) is 3.62. The minimum absolute atomic E-state index is 0.163. The van der Waals surface area contributed by atoms with Gasteiger partial charge in [-0.25, -0.2) is 4.98 Å². The average molecular weight is 419 g/mol. The number of pyridine rings is 1. The zero-order valence-corrected chi connectivity index (χ0v) is 17.3. The lowest BCUT2D eigenvalue weighted by Gasteiger charge is -2.15. The predicted molar refractivity (Wildman–Crippen MR) is 118 cm³/mol. The number of fused-ring (bicyclic) bond motifs is 1. The van der Waals surface area contributed by atoms with Crippen molar-refractivity contribution in [2.24, 2.45) is 5.10 Å². The second-order valence-corrected chi connectivity index (χ2v) is 8.30. The summed E-state index contributed by atoms with van der Waals surface area (Å²) in [5, 5.41) is 21.3. The highest BCUT2D eigenvalue weighted by Crippen LogP contribution is 2.34. The number of hydrogen-bond donors (Lipinski definition) is 3. The largest absolute Gasteiger partial charge is 0.307 e. The lowest BCUT2D eigenvalue weighted by Crippen LogP contribution is -2.22. The van der Waals surface area contributed by atoms with Crippen LogP contribution in [-0.4, -0.2) is 28.2 Å². The van der Waals surface area contributed by atoms with Gasteiger partial charge < -0.3 is 5.43 Å². The van der Waals surface area contributed by atoms with Crippen molar-refractivity contribution in [2.75, 3.05) is 0 Å². The molecule has 1 aromatic heterocycles. The van der Waals surface area contributed by atoms with Gasteiger partial charge >= 0.3 is 0 Å². The molecule has 0 bridgehead atoms. The SMILES string of the molecule is N#Cc1cc(-c2ccc3c(c2CC(=O)NSC(=N)/C=N\NC2CC2)CCC3)ccn1. The Morgan fingerprint density at radius 2 is 2.23 bits per heavy atom. The highest BCUT2D eigenvalue weighted by Gasteiger charge is 2.21. The number of rotatable bonds is 6. The third kappa shape index (κ3) is 4.86. The summed E-state index contributed by atoms with van der Waals surface area (Å²) in [6.45, 7) is 0. The highest BCUT2D eigenvalue weighted by atomic mass is 32.2. The Hall–Kier alpha value is -3.18. The van der Waals surface area contributed by atoms with Crippen LogP contribution >= 0.6 is 11.9 Å². The molecule has 1 saturated carbocycles. The van der Waals surface area contributed by atoms with E-state index >= 15 is 0 Å². The van der Waals surface area contributed by atoms with Gasteiger partial charge in [0, 0.05) is 24.2 Å². The number of amides is 1. The summed E-state index contributed by atoms with van der Waals surface area (Å²) in [6, 6.07) is 10.3. The number of nitrogens with zero attached hydrogens (tertiary/aromatic N) is 3. The second kappa shape index (κ2) is 9.09. The molecule has 8 heteroatoms. The monoisotopic (exact) mass is 418 g/mol. The first kappa shape index (κ1) is 20.1. The molecule has 0 saturated heterocycles. The van der Waals surface area contributed by atoms with E-state index in [2.05, 4.69) is 32.4 Å². The van der Waals surface area contributed by atoms with Crippen LogP contribution in [0.5, 0.6) is 0 Å². The van der Waals surface area contributed by atoms with Crippen molar-refractivity contribution in [3.63, 3.8) is 0 Å². The van der Waals surface area contributed by atoms with Gasteiger partial charge in [-0.15, -0.1) is 0 Å². The highest BCUT2D eigenvalue weighted by molar-refractivity contribution is 8.14. The van der Waals surface area contributed by atoms with E-state index in [-0.39, 0.29) is 17.4 Å². The average Bonchev–Trinajstić information content (AvgIpc) is 3.46. The molecular weight excluding hydrogens is 396 g/mol. The van der Waals surface area contributed by atoms with E-state index in [9.17, 15) is 10.1 Å². The van der Waals surface area contributed by atoms with Crippen molar-refractivity contribution in [3.05, 3.63) is 52.8 Å². The van der Waals surface area contributed by atoms with E-state index in [1.165, 1.54) is 17.3 Å². The summed E-state index contributed by atoms with van der Waals surface area (Å²) in [6.07, 6.45) is 8.54. The Labute approximate surface area is 179 Å². The number of hydrogen-bond acceptors (Lipinski definition) is 7. The van der Waals surface area contributed by atoms with Gasteiger partial charge in [0.1, 0.15) is 16.8 Å². The normalized spacial score (nSPS) is 14.9. The van der Waals surface area contributed by atoms with Gasteiger partial charge in [0.25, 0.3) is 0 Å². The Balaban J connectivity index is 1.49. The molecule has 2 aliphatic rings. The number of nitrogens with one attached hydrogen (secondary N) is 3. The fourth-order valence-corrected chi connectivity index (χ4v) is 4.02. The van der Waals surface area contributed by atoms with Crippen molar-refractivity contribution in [1.29, 1.82) is 10.7 Å². The van der Waals surface area contributed by atoms with Gasteiger partial charge in [-0.3, -0.25) is 14.9 Å². The van der Waals surface area contributed by atoms with Crippen LogP contribution in [0.1, 0.15) is 41.6 Å². The van der Waals surface area contributed by atoms with Crippen LogP contribution in [0.3, 0.4) is 0 Å². The molecule has 1 fully saturated rings.